The van der Waals surface area contributed by atoms with Gasteiger partial charge in [-0.3, -0.25) is 4.99 Å². The predicted molar refractivity (Wildman–Crippen MR) is 54.0 cm³/mol. The van der Waals surface area contributed by atoms with E-state index in [0.717, 1.165) is 31.4 Å². The summed E-state index contributed by atoms with van der Waals surface area (Å²) in [6, 6.07) is 8.30. The van der Waals surface area contributed by atoms with E-state index in [0.29, 0.717) is 0 Å². The van der Waals surface area contributed by atoms with Gasteiger partial charge in [-0.25, -0.2) is 0 Å². The summed E-state index contributed by atoms with van der Waals surface area (Å²) in [6.45, 7) is 2.94. The van der Waals surface area contributed by atoms with Gasteiger partial charge in [-0.1, -0.05) is 24.3 Å². The van der Waals surface area contributed by atoms with Gasteiger partial charge in [0.2, 0.25) is 0 Å². The molecule has 1 aromatic carbocycles. The third-order valence-corrected chi connectivity index (χ3v) is 2.20. The first-order chi connectivity index (χ1) is 6.47. The molecule has 0 spiro atoms. The van der Waals surface area contributed by atoms with E-state index in [-0.39, 0.29) is 0 Å². The Morgan fingerprint density at radius 1 is 1.23 bits per heavy atom. The van der Waals surface area contributed by atoms with E-state index in [1.165, 1.54) is 5.22 Å². The second-order valence-electron chi connectivity index (χ2n) is 3.20. The highest BCUT2D eigenvalue weighted by Gasteiger charge is 1.90. The number of hydrogen-bond donors (Lipinski definition) is 1. The maximum absolute atomic E-state index is 4.54. The van der Waals surface area contributed by atoms with Crippen molar-refractivity contribution in [3.05, 3.63) is 34.8 Å². The van der Waals surface area contributed by atoms with Crippen LogP contribution < -0.4 is 15.9 Å². The van der Waals surface area contributed by atoms with Crippen molar-refractivity contribution in [1.29, 1.82) is 0 Å². The number of fused-ring (bicyclic) bond motifs is 1. The van der Waals surface area contributed by atoms with E-state index in [2.05, 4.69) is 34.6 Å². The standard InChI is InChI=1S/C11H14N2/c1-2-5-11-10(4-1)6-9-12-7-3-8-13-11/h1-2,4-6,12H,3,7-9H2. The minimum atomic E-state index is 0.928. The van der Waals surface area contributed by atoms with Crippen LogP contribution in [0.4, 0.5) is 0 Å². The summed E-state index contributed by atoms with van der Waals surface area (Å²) in [5.74, 6) is 0. The first-order valence-electron chi connectivity index (χ1n) is 4.77. The quantitative estimate of drug-likeness (QED) is 0.592. The molecule has 1 aliphatic heterocycles. The lowest BCUT2D eigenvalue weighted by molar-refractivity contribution is 0.708. The highest BCUT2D eigenvalue weighted by Crippen LogP contribution is 1.80. The van der Waals surface area contributed by atoms with Gasteiger partial charge in [0.15, 0.2) is 0 Å². The van der Waals surface area contributed by atoms with Crippen LogP contribution in [0.15, 0.2) is 29.3 Å². The van der Waals surface area contributed by atoms with E-state index in [1.807, 2.05) is 6.07 Å². The Balaban J connectivity index is 2.50. The molecule has 1 N–H and O–H groups in total. The van der Waals surface area contributed by atoms with Crippen LogP contribution in [0.2, 0.25) is 0 Å². The van der Waals surface area contributed by atoms with Crippen molar-refractivity contribution in [3.8, 4) is 0 Å². The van der Waals surface area contributed by atoms with Crippen molar-refractivity contribution in [2.45, 2.75) is 6.42 Å². The molecule has 0 amide bonds. The van der Waals surface area contributed by atoms with Crippen molar-refractivity contribution in [2.24, 2.45) is 4.99 Å². The van der Waals surface area contributed by atoms with E-state index < -0.39 is 0 Å². The van der Waals surface area contributed by atoms with Gasteiger partial charge in [0.05, 0.1) is 5.36 Å². The molecule has 1 aromatic rings. The van der Waals surface area contributed by atoms with Crippen LogP contribution in [0.3, 0.4) is 0 Å². The SMILES string of the molecule is C1=c2ccccc2=NCCCNC1. The lowest BCUT2D eigenvalue weighted by Crippen LogP contribution is -2.25. The molecular formula is C11H14N2. The molecular weight excluding hydrogens is 160 g/mol. The summed E-state index contributed by atoms with van der Waals surface area (Å²) in [5, 5.41) is 5.73. The van der Waals surface area contributed by atoms with Gasteiger partial charge >= 0.3 is 0 Å². The highest BCUT2D eigenvalue weighted by molar-refractivity contribution is 5.25. The van der Waals surface area contributed by atoms with Gasteiger partial charge in [0.1, 0.15) is 0 Å². The number of hydrogen-bond acceptors (Lipinski definition) is 2. The van der Waals surface area contributed by atoms with Gasteiger partial charge in [-0.2, -0.15) is 0 Å². The molecule has 0 radical (unpaired) electrons. The predicted octanol–water partition coefficient (Wildman–Crippen LogP) is 0.0800. The van der Waals surface area contributed by atoms with Gasteiger partial charge in [0, 0.05) is 13.1 Å². The van der Waals surface area contributed by atoms with Crippen molar-refractivity contribution in [2.75, 3.05) is 19.6 Å². The Kier molecular flexibility index (Phi) is 2.72. The normalized spacial score (nSPS) is 16.9. The van der Waals surface area contributed by atoms with Crippen LogP contribution in [0.1, 0.15) is 6.42 Å². The molecule has 2 heteroatoms. The van der Waals surface area contributed by atoms with E-state index >= 15 is 0 Å². The monoisotopic (exact) mass is 174 g/mol. The minimum absolute atomic E-state index is 0.928. The zero-order valence-corrected chi connectivity index (χ0v) is 7.66. The van der Waals surface area contributed by atoms with Crippen molar-refractivity contribution in [3.63, 3.8) is 0 Å². The largest absolute Gasteiger partial charge is 0.313 e. The number of benzene rings is 1. The molecule has 2 nitrogen and oxygen atoms in total. The number of nitrogens with zero attached hydrogens (tertiary/aromatic N) is 1. The number of nitrogens with one attached hydrogen (secondary N) is 1. The molecule has 1 heterocycles. The van der Waals surface area contributed by atoms with Crippen LogP contribution >= 0.6 is 0 Å². The molecule has 0 bridgehead atoms. The van der Waals surface area contributed by atoms with E-state index in [1.54, 1.807) is 0 Å². The summed E-state index contributed by atoms with van der Waals surface area (Å²) in [4.78, 5) is 4.54. The zero-order valence-electron chi connectivity index (χ0n) is 7.66. The molecule has 1 aliphatic rings. The molecule has 0 aliphatic carbocycles. The Morgan fingerprint density at radius 2 is 2.15 bits per heavy atom. The highest BCUT2D eigenvalue weighted by atomic mass is 14.9. The second-order valence-corrected chi connectivity index (χ2v) is 3.20. The fourth-order valence-electron chi connectivity index (χ4n) is 1.49. The molecule has 0 saturated carbocycles. The average Bonchev–Trinajstić information content (AvgIpc) is 2.28. The Morgan fingerprint density at radius 3 is 3.15 bits per heavy atom. The maximum Gasteiger partial charge on any atom is 0.0643 e. The van der Waals surface area contributed by atoms with Crippen LogP contribution in [-0.4, -0.2) is 19.6 Å². The van der Waals surface area contributed by atoms with Crippen molar-refractivity contribution >= 4 is 6.08 Å². The average molecular weight is 174 g/mol. The fraction of sp³-hybridized carbons (Fsp3) is 0.364. The summed E-state index contributed by atoms with van der Waals surface area (Å²) in [5.41, 5.74) is 0. The topological polar surface area (TPSA) is 24.4 Å². The molecule has 68 valence electrons. The number of rotatable bonds is 0. The van der Waals surface area contributed by atoms with Crippen LogP contribution in [-0.2, 0) is 0 Å². The second kappa shape index (κ2) is 4.19. The van der Waals surface area contributed by atoms with Gasteiger partial charge in [-0.05, 0) is 24.3 Å². The maximum atomic E-state index is 4.54. The van der Waals surface area contributed by atoms with E-state index in [4.69, 9.17) is 0 Å². The van der Waals surface area contributed by atoms with Gasteiger partial charge < -0.3 is 5.32 Å². The van der Waals surface area contributed by atoms with Crippen LogP contribution in [0.25, 0.3) is 6.08 Å². The van der Waals surface area contributed by atoms with E-state index in [9.17, 15) is 0 Å². The summed E-state index contributed by atoms with van der Waals surface area (Å²) >= 11 is 0. The molecule has 0 atom stereocenters. The van der Waals surface area contributed by atoms with Crippen LogP contribution in [0, 0.1) is 0 Å². The molecule has 0 saturated heterocycles. The first-order valence-corrected chi connectivity index (χ1v) is 4.77. The van der Waals surface area contributed by atoms with Crippen molar-refractivity contribution < 1.29 is 0 Å². The molecule has 0 unspecified atom stereocenters. The Labute approximate surface area is 78.0 Å². The van der Waals surface area contributed by atoms with Crippen LogP contribution in [0.5, 0.6) is 0 Å². The molecule has 0 aromatic heterocycles. The smallest absolute Gasteiger partial charge is 0.0643 e. The molecule has 0 fully saturated rings. The van der Waals surface area contributed by atoms with Gasteiger partial charge in [-0.15, -0.1) is 0 Å². The lowest BCUT2D eigenvalue weighted by Gasteiger charge is -1.95. The number of para-hydroxylation sites is 1. The molecule has 2 rings (SSSR count). The molecule has 13 heavy (non-hydrogen) atoms. The zero-order chi connectivity index (χ0) is 8.93. The third-order valence-electron chi connectivity index (χ3n) is 2.20. The van der Waals surface area contributed by atoms with Crippen molar-refractivity contribution in [1.82, 2.24) is 5.32 Å². The third kappa shape index (κ3) is 2.16. The summed E-state index contributed by atoms with van der Waals surface area (Å²) in [7, 11) is 0. The summed E-state index contributed by atoms with van der Waals surface area (Å²) < 4.78 is 0. The summed E-state index contributed by atoms with van der Waals surface area (Å²) in [6.07, 6.45) is 3.33. The Bertz CT molecular complexity index is 344. The fourth-order valence-corrected chi connectivity index (χ4v) is 1.49. The first kappa shape index (κ1) is 8.45. The lowest BCUT2D eigenvalue weighted by atomic mass is 10.2. The minimum Gasteiger partial charge on any atom is -0.313 e. The Hall–Kier alpha value is -1.15. The van der Waals surface area contributed by atoms with Gasteiger partial charge in [0.25, 0.3) is 0 Å².